The summed E-state index contributed by atoms with van der Waals surface area (Å²) in [6.45, 7) is 2.20. The Morgan fingerprint density at radius 2 is 2.28 bits per heavy atom. The van der Waals surface area contributed by atoms with Gasteiger partial charge in [0.25, 0.3) is 0 Å². The topological polar surface area (TPSA) is 44.8 Å². The first-order chi connectivity index (χ1) is 12.2. The zero-order valence-electron chi connectivity index (χ0n) is 14.0. The molecule has 2 aromatic rings. The number of hydrogen-bond donors (Lipinski definition) is 0. The second-order valence-electron chi connectivity index (χ2n) is 5.63. The standard InChI is InChI=1S/C19H20O4S2/c1-14(20)22-13-15(23-19-6-2-3-11-21-19)7-8-16-9-10-18(25-16)17-5-4-12-24-17/h4-5,9-10,12,15,19H,2-3,6,11,13H2,1H3. The van der Waals surface area contributed by atoms with Gasteiger partial charge in [-0.1, -0.05) is 17.9 Å². The molecule has 0 spiro atoms. The molecule has 0 aromatic carbocycles. The maximum absolute atomic E-state index is 11.1. The van der Waals surface area contributed by atoms with Crippen LogP contribution in [-0.2, 0) is 19.0 Å². The van der Waals surface area contributed by atoms with E-state index in [2.05, 4.69) is 29.4 Å². The lowest BCUT2D eigenvalue weighted by atomic mass is 10.2. The highest BCUT2D eigenvalue weighted by atomic mass is 32.1. The third-order valence-corrected chi connectivity index (χ3v) is 5.68. The Bertz CT molecular complexity index is 733. The summed E-state index contributed by atoms with van der Waals surface area (Å²) in [5.74, 6) is 5.89. The predicted octanol–water partition coefficient (Wildman–Crippen LogP) is 4.30. The molecule has 3 rings (SSSR count). The van der Waals surface area contributed by atoms with Gasteiger partial charge in [0, 0.05) is 23.3 Å². The fraction of sp³-hybridized carbons (Fsp3) is 0.421. The molecule has 132 valence electrons. The van der Waals surface area contributed by atoms with E-state index < -0.39 is 6.10 Å². The van der Waals surface area contributed by atoms with Crippen molar-refractivity contribution < 1.29 is 19.0 Å². The Balaban J connectivity index is 1.66. The SMILES string of the molecule is CC(=O)OCC(C#Cc1ccc(-c2cccs2)s1)OC1CCCCO1. The summed E-state index contributed by atoms with van der Waals surface area (Å²) in [6.07, 6.45) is 2.22. The van der Waals surface area contributed by atoms with Crippen LogP contribution in [0, 0.1) is 11.8 Å². The van der Waals surface area contributed by atoms with E-state index in [-0.39, 0.29) is 18.9 Å². The Morgan fingerprint density at radius 3 is 3.00 bits per heavy atom. The number of rotatable bonds is 5. The van der Waals surface area contributed by atoms with Gasteiger partial charge in [0.15, 0.2) is 12.4 Å². The van der Waals surface area contributed by atoms with E-state index in [1.54, 1.807) is 22.7 Å². The third kappa shape index (κ3) is 5.68. The third-order valence-electron chi connectivity index (χ3n) is 3.62. The van der Waals surface area contributed by atoms with Gasteiger partial charge in [-0.2, -0.15) is 0 Å². The van der Waals surface area contributed by atoms with E-state index in [0.29, 0.717) is 6.61 Å². The average molecular weight is 376 g/mol. The molecule has 2 atom stereocenters. The van der Waals surface area contributed by atoms with Gasteiger partial charge in [-0.3, -0.25) is 4.79 Å². The lowest BCUT2D eigenvalue weighted by molar-refractivity contribution is -0.187. The first-order valence-electron chi connectivity index (χ1n) is 8.26. The normalized spacial score (nSPS) is 18.2. The van der Waals surface area contributed by atoms with Crippen LogP contribution in [-0.4, -0.2) is 31.6 Å². The molecule has 25 heavy (non-hydrogen) atoms. The molecule has 1 aliphatic heterocycles. The molecule has 6 heteroatoms. The largest absolute Gasteiger partial charge is 0.462 e. The van der Waals surface area contributed by atoms with Gasteiger partial charge in [-0.15, -0.1) is 22.7 Å². The van der Waals surface area contributed by atoms with Crippen molar-refractivity contribution in [3.8, 4) is 21.6 Å². The van der Waals surface area contributed by atoms with E-state index in [9.17, 15) is 4.79 Å². The van der Waals surface area contributed by atoms with Gasteiger partial charge < -0.3 is 14.2 Å². The van der Waals surface area contributed by atoms with Crippen LogP contribution < -0.4 is 0 Å². The zero-order chi connectivity index (χ0) is 17.5. The van der Waals surface area contributed by atoms with Crippen molar-refractivity contribution in [2.45, 2.75) is 38.6 Å². The monoisotopic (exact) mass is 376 g/mol. The molecule has 2 aromatic heterocycles. The van der Waals surface area contributed by atoms with Crippen molar-refractivity contribution in [2.24, 2.45) is 0 Å². The van der Waals surface area contributed by atoms with Crippen LogP contribution in [0.15, 0.2) is 29.6 Å². The van der Waals surface area contributed by atoms with Crippen LogP contribution in [0.4, 0.5) is 0 Å². The van der Waals surface area contributed by atoms with Gasteiger partial charge in [-0.05, 0) is 42.8 Å². The van der Waals surface area contributed by atoms with Crippen molar-refractivity contribution >= 4 is 28.6 Å². The van der Waals surface area contributed by atoms with Crippen molar-refractivity contribution in [1.82, 2.24) is 0 Å². The van der Waals surface area contributed by atoms with E-state index in [4.69, 9.17) is 14.2 Å². The van der Waals surface area contributed by atoms with Crippen molar-refractivity contribution in [2.75, 3.05) is 13.2 Å². The minimum absolute atomic E-state index is 0.116. The van der Waals surface area contributed by atoms with Crippen molar-refractivity contribution in [3.05, 3.63) is 34.5 Å². The summed E-state index contributed by atoms with van der Waals surface area (Å²) in [4.78, 5) is 14.5. The maximum atomic E-state index is 11.1. The lowest BCUT2D eigenvalue weighted by Gasteiger charge is -2.25. The van der Waals surface area contributed by atoms with E-state index in [1.165, 1.54) is 16.7 Å². The van der Waals surface area contributed by atoms with Crippen LogP contribution in [0.25, 0.3) is 9.75 Å². The average Bonchev–Trinajstić information content (AvgIpc) is 3.29. The molecule has 0 saturated carbocycles. The Kier molecular flexibility index (Phi) is 6.65. The summed E-state index contributed by atoms with van der Waals surface area (Å²) in [6, 6.07) is 8.22. The summed E-state index contributed by atoms with van der Waals surface area (Å²) < 4.78 is 16.6. The molecule has 0 aliphatic carbocycles. The first-order valence-corrected chi connectivity index (χ1v) is 9.96. The molecule has 1 saturated heterocycles. The molecule has 3 heterocycles. The van der Waals surface area contributed by atoms with Crippen LogP contribution in [0.3, 0.4) is 0 Å². The van der Waals surface area contributed by atoms with Crippen molar-refractivity contribution in [3.63, 3.8) is 0 Å². The minimum Gasteiger partial charge on any atom is -0.462 e. The van der Waals surface area contributed by atoms with E-state index in [1.807, 2.05) is 12.1 Å². The smallest absolute Gasteiger partial charge is 0.302 e. The number of carbonyl (C=O) groups is 1. The van der Waals surface area contributed by atoms with E-state index in [0.717, 1.165) is 24.1 Å². The molecular formula is C19H20O4S2. The zero-order valence-corrected chi connectivity index (χ0v) is 15.7. The molecule has 0 radical (unpaired) electrons. The highest BCUT2D eigenvalue weighted by Gasteiger charge is 2.19. The summed E-state index contributed by atoms with van der Waals surface area (Å²) in [5.41, 5.74) is 0. The van der Waals surface area contributed by atoms with Gasteiger partial charge in [0.1, 0.15) is 6.61 Å². The summed E-state index contributed by atoms with van der Waals surface area (Å²) in [7, 11) is 0. The quantitative estimate of drug-likeness (QED) is 0.576. The Labute approximate surface area is 155 Å². The second kappa shape index (κ2) is 9.16. The van der Waals surface area contributed by atoms with Crippen molar-refractivity contribution in [1.29, 1.82) is 0 Å². The van der Waals surface area contributed by atoms with Gasteiger partial charge >= 0.3 is 5.97 Å². The van der Waals surface area contributed by atoms with Gasteiger partial charge in [-0.25, -0.2) is 0 Å². The van der Waals surface area contributed by atoms with Gasteiger partial charge in [0.2, 0.25) is 0 Å². The number of esters is 1. The molecule has 4 nitrogen and oxygen atoms in total. The fourth-order valence-corrected chi connectivity index (χ4v) is 4.12. The Morgan fingerprint density at radius 1 is 1.36 bits per heavy atom. The number of carbonyl (C=O) groups excluding carboxylic acids is 1. The first kappa shape index (κ1) is 18.2. The molecule has 0 bridgehead atoms. The molecule has 0 N–H and O–H groups in total. The van der Waals surface area contributed by atoms with Crippen LogP contribution in [0.1, 0.15) is 31.1 Å². The summed E-state index contributed by atoms with van der Waals surface area (Å²) >= 11 is 3.36. The second-order valence-corrected chi connectivity index (χ2v) is 7.67. The highest BCUT2D eigenvalue weighted by molar-refractivity contribution is 7.21. The number of thiophene rings is 2. The maximum Gasteiger partial charge on any atom is 0.302 e. The molecule has 0 amide bonds. The number of ether oxygens (including phenoxy) is 3. The van der Waals surface area contributed by atoms with E-state index >= 15 is 0 Å². The number of hydrogen-bond acceptors (Lipinski definition) is 6. The fourth-order valence-electron chi connectivity index (χ4n) is 2.42. The van der Waals surface area contributed by atoms with Crippen LogP contribution >= 0.6 is 22.7 Å². The molecule has 1 fully saturated rings. The Hall–Kier alpha value is -1.65. The predicted molar refractivity (Wildman–Crippen MR) is 99.6 cm³/mol. The highest BCUT2D eigenvalue weighted by Crippen LogP contribution is 2.31. The van der Waals surface area contributed by atoms with Crippen LogP contribution in [0.5, 0.6) is 0 Å². The minimum atomic E-state index is -0.487. The summed E-state index contributed by atoms with van der Waals surface area (Å²) in [5, 5.41) is 2.06. The molecular weight excluding hydrogens is 356 g/mol. The van der Waals surface area contributed by atoms with Gasteiger partial charge in [0.05, 0.1) is 4.88 Å². The molecule has 1 aliphatic rings. The molecule has 2 unspecified atom stereocenters. The van der Waals surface area contributed by atoms with Crippen LogP contribution in [0.2, 0.25) is 0 Å². The lowest BCUT2D eigenvalue weighted by Crippen LogP contribution is -2.30.